The van der Waals surface area contributed by atoms with E-state index in [1.165, 1.54) is 6.92 Å². The van der Waals surface area contributed by atoms with Crippen LogP contribution >= 0.6 is 0 Å². The number of allylic oxidation sites excluding steroid dienone is 2. The molecular formula is C4H7O2. The van der Waals surface area contributed by atoms with Gasteiger partial charge in [-0.1, -0.05) is 0 Å². The maximum Gasteiger partial charge on any atom is 0.130 e. The SMILES string of the molecule is [CH2]/C(O)=C(/C)O. The normalized spacial score (nSPS) is 13.7. The largest absolute Gasteiger partial charge is 0.509 e. The summed E-state index contributed by atoms with van der Waals surface area (Å²) in [6.07, 6.45) is 0. The Labute approximate surface area is 36.7 Å². The highest BCUT2D eigenvalue weighted by Crippen LogP contribution is 1.89. The maximum atomic E-state index is 8.20. The van der Waals surface area contributed by atoms with E-state index in [1.807, 2.05) is 0 Å². The van der Waals surface area contributed by atoms with Gasteiger partial charge in [-0.2, -0.15) is 0 Å². The Morgan fingerprint density at radius 1 is 1.50 bits per heavy atom. The van der Waals surface area contributed by atoms with Crippen molar-refractivity contribution in [2.45, 2.75) is 6.92 Å². The molecule has 0 aromatic rings. The lowest BCUT2D eigenvalue weighted by Crippen LogP contribution is -1.76. The van der Waals surface area contributed by atoms with Gasteiger partial charge in [0.25, 0.3) is 0 Å². The predicted molar refractivity (Wildman–Crippen MR) is 23.3 cm³/mol. The highest BCUT2D eigenvalue weighted by molar-refractivity contribution is 4.96. The summed E-state index contributed by atoms with van der Waals surface area (Å²) in [5, 5.41) is 16.3. The van der Waals surface area contributed by atoms with Crippen molar-refractivity contribution in [3.63, 3.8) is 0 Å². The van der Waals surface area contributed by atoms with E-state index >= 15 is 0 Å². The summed E-state index contributed by atoms with van der Waals surface area (Å²) in [7, 11) is 0. The van der Waals surface area contributed by atoms with Gasteiger partial charge in [-0.25, -0.2) is 0 Å². The van der Waals surface area contributed by atoms with E-state index in [0.717, 1.165) is 0 Å². The number of hydrogen-bond donors (Lipinski definition) is 2. The van der Waals surface area contributed by atoms with Crippen LogP contribution in [0, 0.1) is 6.92 Å². The second-order valence-electron chi connectivity index (χ2n) is 1.03. The van der Waals surface area contributed by atoms with Crippen molar-refractivity contribution in [3.05, 3.63) is 18.4 Å². The third kappa shape index (κ3) is 1.64. The van der Waals surface area contributed by atoms with Gasteiger partial charge in [-0.15, -0.1) is 0 Å². The molecule has 0 amide bonds. The van der Waals surface area contributed by atoms with Crippen LogP contribution in [0.5, 0.6) is 0 Å². The van der Waals surface area contributed by atoms with E-state index in [0.29, 0.717) is 0 Å². The van der Waals surface area contributed by atoms with Gasteiger partial charge in [-0.05, 0) is 6.92 Å². The number of hydrogen-bond acceptors (Lipinski definition) is 2. The summed E-state index contributed by atoms with van der Waals surface area (Å²) in [5.74, 6) is -0.398. The average molecular weight is 87.1 g/mol. The first kappa shape index (κ1) is 5.34. The monoisotopic (exact) mass is 87.0 g/mol. The number of aliphatic hydroxyl groups excluding tert-OH is 2. The van der Waals surface area contributed by atoms with Crippen molar-refractivity contribution in [2.75, 3.05) is 0 Å². The van der Waals surface area contributed by atoms with Gasteiger partial charge < -0.3 is 10.2 Å². The van der Waals surface area contributed by atoms with Crippen molar-refractivity contribution in [2.24, 2.45) is 0 Å². The molecular weight excluding hydrogens is 80.0 g/mol. The van der Waals surface area contributed by atoms with E-state index in [1.54, 1.807) is 0 Å². The van der Waals surface area contributed by atoms with Crippen molar-refractivity contribution < 1.29 is 10.2 Å². The van der Waals surface area contributed by atoms with E-state index < -0.39 is 0 Å². The second kappa shape index (κ2) is 1.70. The molecule has 1 radical (unpaired) electrons. The molecule has 6 heavy (non-hydrogen) atoms. The first-order chi connectivity index (χ1) is 2.64. The highest BCUT2D eigenvalue weighted by Gasteiger charge is 1.82. The van der Waals surface area contributed by atoms with E-state index in [9.17, 15) is 0 Å². The molecule has 0 aliphatic carbocycles. The molecule has 0 aliphatic heterocycles. The lowest BCUT2D eigenvalue weighted by Gasteiger charge is -1.86. The molecule has 0 rings (SSSR count). The van der Waals surface area contributed by atoms with Crippen LogP contribution in [-0.2, 0) is 0 Å². The first-order valence-electron chi connectivity index (χ1n) is 1.55. The topological polar surface area (TPSA) is 40.5 Å². The molecule has 0 fully saturated rings. The quantitative estimate of drug-likeness (QED) is 0.435. The van der Waals surface area contributed by atoms with E-state index in [-0.39, 0.29) is 11.5 Å². The summed E-state index contributed by atoms with van der Waals surface area (Å²) in [5.41, 5.74) is 0. The minimum absolute atomic E-state index is 0.130. The van der Waals surface area contributed by atoms with Crippen LogP contribution in [0.2, 0.25) is 0 Å². The zero-order valence-electron chi connectivity index (χ0n) is 3.60. The van der Waals surface area contributed by atoms with Gasteiger partial charge in [0.05, 0.1) is 0 Å². The summed E-state index contributed by atoms with van der Waals surface area (Å²) >= 11 is 0. The summed E-state index contributed by atoms with van der Waals surface area (Å²) < 4.78 is 0. The molecule has 0 aliphatic rings. The average Bonchev–Trinajstić information content (AvgIpc) is 1.36. The van der Waals surface area contributed by atoms with Gasteiger partial charge in [0, 0.05) is 6.92 Å². The Hall–Kier alpha value is -0.660. The van der Waals surface area contributed by atoms with Crippen LogP contribution in [0.1, 0.15) is 6.92 Å². The molecule has 2 N–H and O–H groups in total. The molecule has 0 atom stereocenters. The Morgan fingerprint density at radius 3 is 1.67 bits per heavy atom. The molecule has 0 bridgehead atoms. The lowest BCUT2D eigenvalue weighted by molar-refractivity contribution is 0.339. The smallest absolute Gasteiger partial charge is 0.130 e. The fraction of sp³-hybridized carbons (Fsp3) is 0.250. The van der Waals surface area contributed by atoms with Gasteiger partial charge in [0.2, 0.25) is 0 Å². The summed E-state index contributed by atoms with van der Waals surface area (Å²) in [4.78, 5) is 0. The predicted octanol–water partition coefficient (Wildman–Crippen LogP) is 1.17. The van der Waals surface area contributed by atoms with Crippen molar-refractivity contribution >= 4 is 0 Å². The molecule has 0 spiro atoms. The number of aliphatic hydroxyl groups is 2. The lowest BCUT2D eigenvalue weighted by atomic mass is 10.5. The third-order valence-corrected chi connectivity index (χ3v) is 0.418. The summed E-state index contributed by atoms with van der Waals surface area (Å²) in [6, 6.07) is 0. The molecule has 2 nitrogen and oxygen atoms in total. The molecule has 35 valence electrons. The van der Waals surface area contributed by atoms with Crippen molar-refractivity contribution in [1.29, 1.82) is 0 Å². The molecule has 0 unspecified atom stereocenters. The van der Waals surface area contributed by atoms with Crippen molar-refractivity contribution in [3.8, 4) is 0 Å². The standard InChI is InChI=1S/C4H7O2/c1-3(5)4(2)6/h5-6H,1H2,2H3/b4-3+. The Bertz CT molecular complexity index is 55.6. The van der Waals surface area contributed by atoms with Gasteiger partial charge >= 0.3 is 0 Å². The van der Waals surface area contributed by atoms with Crippen LogP contribution in [0.4, 0.5) is 0 Å². The minimum atomic E-state index is -0.269. The van der Waals surface area contributed by atoms with Crippen LogP contribution in [0.3, 0.4) is 0 Å². The first-order valence-corrected chi connectivity index (χ1v) is 1.55. The van der Waals surface area contributed by atoms with Crippen molar-refractivity contribution in [1.82, 2.24) is 0 Å². The van der Waals surface area contributed by atoms with Crippen LogP contribution in [-0.4, -0.2) is 10.2 Å². The van der Waals surface area contributed by atoms with Crippen LogP contribution in [0.15, 0.2) is 11.5 Å². The zero-order valence-corrected chi connectivity index (χ0v) is 3.60. The fourth-order valence-electron chi connectivity index (χ4n) is 0. The molecule has 0 saturated carbocycles. The zero-order chi connectivity index (χ0) is 5.15. The Balaban J connectivity index is 3.68. The van der Waals surface area contributed by atoms with Gasteiger partial charge in [0.15, 0.2) is 0 Å². The van der Waals surface area contributed by atoms with E-state index in [4.69, 9.17) is 10.2 Å². The Morgan fingerprint density at radius 2 is 1.67 bits per heavy atom. The minimum Gasteiger partial charge on any atom is -0.509 e. The van der Waals surface area contributed by atoms with Crippen LogP contribution < -0.4 is 0 Å². The third-order valence-electron chi connectivity index (χ3n) is 0.418. The fourth-order valence-corrected chi connectivity index (χ4v) is 0. The summed E-state index contributed by atoms with van der Waals surface area (Å²) in [6.45, 7) is 4.39. The van der Waals surface area contributed by atoms with E-state index in [2.05, 4.69) is 6.92 Å². The van der Waals surface area contributed by atoms with Crippen LogP contribution in [0.25, 0.3) is 0 Å². The van der Waals surface area contributed by atoms with Gasteiger partial charge in [0.1, 0.15) is 11.5 Å². The molecule has 0 saturated heterocycles. The second-order valence-corrected chi connectivity index (χ2v) is 1.03. The molecule has 2 heteroatoms. The van der Waals surface area contributed by atoms with Gasteiger partial charge in [-0.3, -0.25) is 0 Å². The molecule has 0 heterocycles. The Kier molecular flexibility index (Phi) is 1.51. The number of rotatable bonds is 0. The highest BCUT2D eigenvalue weighted by atomic mass is 16.3. The molecule has 0 aromatic heterocycles. The maximum absolute atomic E-state index is 8.20. The molecule has 0 aromatic carbocycles.